The Labute approximate surface area is 167 Å². The highest BCUT2D eigenvalue weighted by atomic mass is 32.1. The number of phenolic OH excluding ortho intramolecular Hbond substituents is 1. The SMILES string of the molecule is O=C(CCCCCOc1ccccc1)NCCc1ccc(O)c2[nH]c(=O)sc12. The molecule has 0 unspecified atom stereocenters. The molecule has 148 valence electrons. The molecule has 6 nitrogen and oxygen atoms in total. The summed E-state index contributed by atoms with van der Waals surface area (Å²) >= 11 is 1.08. The van der Waals surface area contributed by atoms with Crippen LogP contribution in [0.25, 0.3) is 10.2 Å². The maximum atomic E-state index is 12.0. The van der Waals surface area contributed by atoms with Gasteiger partial charge < -0.3 is 20.1 Å². The highest BCUT2D eigenvalue weighted by Crippen LogP contribution is 2.27. The fourth-order valence-electron chi connectivity index (χ4n) is 2.97. The van der Waals surface area contributed by atoms with E-state index >= 15 is 0 Å². The minimum Gasteiger partial charge on any atom is -0.506 e. The van der Waals surface area contributed by atoms with Gasteiger partial charge in [0.1, 0.15) is 17.0 Å². The van der Waals surface area contributed by atoms with Crippen LogP contribution < -0.4 is 14.9 Å². The molecule has 3 rings (SSSR count). The first-order chi connectivity index (χ1) is 13.6. The standard InChI is InChI=1S/C21H24N2O4S/c24-17-11-10-15(20-19(17)23-21(26)28-20)12-13-22-18(25)9-5-2-6-14-27-16-7-3-1-4-8-16/h1,3-4,7-8,10-11,24H,2,5-6,9,12-14H2,(H,22,25)(H,23,26). The average Bonchev–Trinajstić information content (AvgIpc) is 3.10. The molecule has 28 heavy (non-hydrogen) atoms. The van der Waals surface area contributed by atoms with Crippen LogP contribution in [0, 0.1) is 0 Å². The van der Waals surface area contributed by atoms with Crippen LogP contribution in [0.15, 0.2) is 47.3 Å². The number of phenols is 1. The van der Waals surface area contributed by atoms with Gasteiger partial charge in [-0.15, -0.1) is 0 Å². The Morgan fingerprint density at radius 2 is 1.93 bits per heavy atom. The second kappa shape index (κ2) is 9.94. The number of para-hydroxylation sites is 1. The molecule has 0 saturated heterocycles. The number of nitrogens with one attached hydrogen (secondary N) is 2. The van der Waals surface area contributed by atoms with Crippen molar-refractivity contribution < 1.29 is 14.6 Å². The third kappa shape index (κ3) is 5.60. The van der Waals surface area contributed by atoms with Gasteiger partial charge in [-0.05, 0) is 49.4 Å². The molecule has 0 radical (unpaired) electrons. The van der Waals surface area contributed by atoms with E-state index in [1.165, 1.54) is 0 Å². The number of hydrogen-bond acceptors (Lipinski definition) is 5. The van der Waals surface area contributed by atoms with E-state index in [2.05, 4.69) is 10.3 Å². The van der Waals surface area contributed by atoms with Crippen molar-refractivity contribution in [3.05, 3.63) is 57.7 Å². The maximum Gasteiger partial charge on any atom is 0.305 e. The zero-order chi connectivity index (χ0) is 19.8. The molecule has 0 bridgehead atoms. The number of hydrogen-bond donors (Lipinski definition) is 3. The van der Waals surface area contributed by atoms with Crippen molar-refractivity contribution in [2.75, 3.05) is 13.2 Å². The van der Waals surface area contributed by atoms with Crippen molar-refractivity contribution in [1.82, 2.24) is 10.3 Å². The molecular weight excluding hydrogens is 376 g/mol. The number of unbranched alkanes of at least 4 members (excludes halogenated alkanes) is 2. The first kappa shape index (κ1) is 19.9. The van der Waals surface area contributed by atoms with Crippen LogP contribution in [0.5, 0.6) is 11.5 Å². The smallest absolute Gasteiger partial charge is 0.305 e. The second-order valence-electron chi connectivity index (χ2n) is 6.53. The number of fused-ring (bicyclic) bond motifs is 1. The van der Waals surface area contributed by atoms with Crippen LogP contribution in [-0.4, -0.2) is 29.1 Å². The molecule has 0 aliphatic carbocycles. The van der Waals surface area contributed by atoms with Crippen LogP contribution in [0.4, 0.5) is 0 Å². The highest BCUT2D eigenvalue weighted by molar-refractivity contribution is 7.16. The molecule has 3 N–H and O–H groups in total. The number of thiazole rings is 1. The highest BCUT2D eigenvalue weighted by Gasteiger charge is 2.10. The number of carbonyl (C=O) groups is 1. The molecule has 3 aromatic rings. The van der Waals surface area contributed by atoms with E-state index < -0.39 is 0 Å². The van der Waals surface area contributed by atoms with Gasteiger partial charge in [0.2, 0.25) is 5.91 Å². The van der Waals surface area contributed by atoms with Gasteiger partial charge in [-0.1, -0.05) is 35.6 Å². The summed E-state index contributed by atoms with van der Waals surface area (Å²) in [6.45, 7) is 1.16. The third-order valence-corrected chi connectivity index (χ3v) is 5.37. The van der Waals surface area contributed by atoms with Crippen molar-refractivity contribution in [1.29, 1.82) is 0 Å². The topological polar surface area (TPSA) is 91.4 Å². The predicted octanol–water partition coefficient (Wildman–Crippen LogP) is 3.59. The summed E-state index contributed by atoms with van der Waals surface area (Å²) in [5.41, 5.74) is 1.41. The van der Waals surface area contributed by atoms with E-state index in [0.29, 0.717) is 31.5 Å². The van der Waals surface area contributed by atoms with Gasteiger partial charge in [0.05, 0.1) is 11.3 Å². The minimum absolute atomic E-state index is 0.0289. The van der Waals surface area contributed by atoms with Crippen LogP contribution in [0.3, 0.4) is 0 Å². The summed E-state index contributed by atoms with van der Waals surface area (Å²) in [6, 6.07) is 13.1. The van der Waals surface area contributed by atoms with Crippen LogP contribution in [-0.2, 0) is 11.2 Å². The van der Waals surface area contributed by atoms with E-state index in [9.17, 15) is 14.7 Å². The molecule has 1 heterocycles. The van der Waals surface area contributed by atoms with Crippen LogP contribution in [0.2, 0.25) is 0 Å². The lowest BCUT2D eigenvalue weighted by molar-refractivity contribution is -0.121. The second-order valence-corrected chi connectivity index (χ2v) is 7.52. The molecule has 1 aromatic heterocycles. The summed E-state index contributed by atoms with van der Waals surface area (Å²) in [5.74, 6) is 0.967. The number of aromatic hydroxyl groups is 1. The van der Waals surface area contributed by atoms with E-state index in [-0.39, 0.29) is 16.5 Å². The zero-order valence-corrected chi connectivity index (χ0v) is 16.4. The van der Waals surface area contributed by atoms with Gasteiger partial charge in [0.15, 0.2) is 0 Å². The maximum absolute atomic E-state index is 12.0. The molecule has 0 aliphatic heterocycles. The first-order valence-corrected chi connectivity index (χ1v) is 10.2. The normalized spacial score (nSPS) is 10.9. The van der Waals surface area contributed by atoms with Gasteiger partial charge in [0.25, 0.3) is 0 Å². The van der Waals surface area contributed by atoms with Gasteiger partial charge in [-0.3, -0.25) is 9.59 Å². The molecule has 2 aromatic carbocycles. The number of benzene rings is 2. The summed E-state index contributed by atoms with van der Waals surface area (Å²) in [7, 11) is 0. The monoisotopic (exact) mass is 400 g/mol. The fourth-order valence-corrected chi connectivity index (χ4v) is 3.86. The summed E-state index contributed by atoms with van der Waals surface area (Å²) in [6.07, 6.45) is 3.79. The number of carbonyl (C=O) groups excluding carboxylic acids is 1. The number of aromatic nitrogens is 1. The van der Waals surface area contributed by atoms with Crippen LogP contribution in [0.1, 0.15) is 31.2 Å². The number of amides is 1. The van der Waals surface area contributed by atoms with Gasteiger partial charge in [-0.25, -0.2) is 0 Å². The molecular formula is C21H24N2O4S. The molecule has 0 saturated carbocycles. The number of H-pyrrole nitrogens is 1. The first-order valence-electron chi connectivity index (χ1n) is 9.41. The molecule has 1 amide bonds. The minimum atomic E-state index is -0.196. The third-order valence-electron chi connectivity index (χ3n) is 4.42. The lowest BCUT2D eigenvalue weighted by atomic mass is 10.1. The van der Waals surface area contributed by atoms with E-state index in [4.69, 9.17) is 4.74 Å². The zero-order valence-electron chi connectivity index (χ0n) is 15.6. The van der Waals surface area contributed by atoms with E-state index in [1.54, 1.807) is 12.1 Å². The number of rotatable bonds is 10. The fraction of sp³-hybridized carbons (Fsp3) is 0.333. The Morgan fingerprint density at radius 1 is 1.11 bits per heavy atom. The molecule has 7 heteroatoms. The van der Waals surface area contributed by atoms with Gasteiger partial charge in [0, 0.05) is 13.0 Å². The Bertz CT molecular complexity index is 965. The lowest BCUT2D eigenvalue weighted by Gasteiger charge is -2.07. The summed E-state index contributed by atoms with van der Waals surface area (Å²) < 4.78 is 6.38. The Balaban J connectivity index is 1.32. The Kier molecular flexibility index (Phi) is 7.08. The summed E-state index contributed by atoms with van der Waals surface area (Å²) in [5, 5.41) is 12.7. The van der Waals surface area contributed by atoms with E-state index in [1.807, 2.05) is 30.3 Å². The van der Waals surface area contributed by atoms with E-state index in [0.717, 1.165) is 46.6 Å². The Hall–Kier alpha value is -2.80. The van der Waals surface area contributed by atoms with Crippen molar-refractivity contribution in [3.63, 3.8) is 0 Å². The largest absolute Gasteiger partial charge is 0.506 e. The van der Waals surface area contributed by atoms with Gasteiger partial charge >= 0.3 is 4.87 Å². The van der Waals surface area contributed by atoms with Crippen molar-refractivity contribution >= 4 is 27.5 Å². The number of aromatic amines is 1. The molecule has 0 atom stereocenters. The van der Waals surface area contributed by atoms with Gasteiger partial charge in [-0.2, -0.15) is 0 Å². The lowest BCUT2D eigenvalue weighted by Crippen LogP contribution is -2.25. The quantitative estimate of drug-likeness (QED) is 0.454. The summed E-state index contributed by atoms with van der Waals surface area (Å²) in [4.78, 5) is 25.9. The van der Waals surface area contributed by atoms with Crippen LogP contribution >= 0.6 is 11.3 Å². The van der Waals surface area contributed by atoms with Crippen molar-refractivity contribution in [3.8, 4) is 11.5 Å². The van der Waals surface area contributed by atoms with Crippen molar-refractivity contribution in [2.45, 2.75) is 32.1 Å². The molecule has 0 spiro atoms. The average molecular weight is 401 g/mol. The van der Waals surface area contributed by atoms with Crippen molar-refractivity contribution in [2.24, 2.45) is 0 Å². The number of ether oxygens (including phenoxy) is 1. The molecule has 0 aliphatic rings. The molecule has 0 fully saturated rings. The Morgan fingerprint density at radius 3 is 2.75 bits per heavy atom. The predicted molar refractivity (Wildman–Crippen MR) is 111 cm³/mol.